The Bertz CT molecular complexity index is 305. The molecular formula is C14H29N3O2. The van der Waals surface area contributed by atoms with E-state index < -0.39 is 0 Å². The van der Waals surface area contributed by atoms with Gasteiger partial charge >= 0.3 is 0 Å². The van der Waals surface area contributed by atoms with Crippen molar-refractivity contribution >= 4 is 5.84 Å². The Morgan fingerprint density at radius 2 is 2.21 bits per heavy atom. The third-order valence-corrected chi connectivity index (χ3v) is 4.35. The maximum atomic E-state index is 8.75. The second-order valence-corrected chi connectivity index (χ2v) is 6.31. The summed E-state index contributed by atoms with van der Waals surface area (Å²) in [6.07, 6.45) is 3.52. The van der Waals surface area contributed by atoms with Gasteiger partial charge in [-0.2, -0.15) is 0 Å². The van der Waals surface area contributed by atoms with E-state index in [0.29, 0.717) is 17.9 Å². The molecule has 5 nitrogen and oxygen atoms in total. The number of likely N-dealkylation sites (tertiary alicyclic amines) is 1. The Balaban J connectivity index is 2.34. The van der Waals surface area contributed by atoms with Crippen LogP contribution in [0.1, 0.15) is 40.0 Å². The monoisotopic (exact) mass is 271 g/mol. The fraction of sp³-hybridized carbons (Fsp3) is 0.929. The molecule has 1 saturated heterocycles. The molecule has 0 saturated carbocycles. The molecule has 2 atom stereocenters. The van der Waals surface area contributed by atoms with Crippen LogP contribution in [0.4, 0.5) is 0 Å². The maximum Gasteiger partial charge on any atom is 0.144 e. The zero-order valence-electron chi connectivity index (χ0n) is 12.7. The minimum Gasteiger partial charge on any atom is -0.409 e. The van der Waals surface area contributed by atoms with Crippen molar-refractivity contribution in [2.24, 2.45) is 22.2 Å². The van der Waals surface area contributed by atoms with E-state index in [2.05, 4.69) is 17.0 Å². The molecule has 0 aromatic carbocycles. The minimum absolute atomic E-state index is 0.238. The first-order valence-electron chi connectivity index (χ1n) is 7.14. The number of amidine groups is 1. The number of methoxy groups -OCH3 is 1. The van der Waals surface area contributed by atoms with Crippen LogP contribution in [0.3, 0.4) is 0 Å². The van der Waals surface area contributed by atoms with E-state index in [9.17, 15) is 0 Å². The Kier molecular flexibility index (Phi) is 6.07. The Labute approximate surface area is 116 Å². The normalized spacial score (nSPS) is 26.6. The van der Waals surface area contributed by atoms with Crippen LogP contribution in [-0.2, 0) is 4.74 Å². The van der Waals surface area contributed by atoms with Gasteiger partial charge in [0.2, 0.25) is 0 Å². The molecule has 1 rings (SSSR count). The zero-order valence-corrected chi connectivity index (χ0v) is 12.7. The highest BCUT2D eigenvalue weighted by molar-refractivity contribution is 5.85. The molecule has 3 N–H and O–H groups in total. The lowest BCUT2D eigenvalue weighted by atomic mass is 9.86. The van der Waals surface area contributed by atoms with Crippen LogP contribution in [-0.4, -0.2) is 48.8 Å². The molecule has 0 bridgehead atoms. The molecule has 0 amide bonds. The predicted octanol–water partition coefficient (Wildman–Crippen LogP) is 1.90. The van der Waals surface area contributed by atoms with Gasteiger partial charge in [0.25, 0.3) is 0 Å². The summed E-state index contributed by atoms with van der Waals surface area (Å²) in [4.78, 5) is 2.45. The first kappa shape index (κ1) is 16.2. The van der Waals surface area contributed by atoms with Crippen LogP contribution >= 0.6 is 0 Å². The molecule has 1 aliphatic heterocycles. The van der Waals surface area contributed by atoms with Crippen molar-refractivity contribution in [2.75, 3.05) is 26.7 Å². The summed E-state index contributed by atoms with van der Waals surface area (Å²) < 4.78 is 5.52. The number of ether oxygens (including phenoxy) is 1. The predicted molar refractivity (Wildman–Crippen MR) is 77.4 cm³/mol. The Morgan fingerprint density at radius 1 is 1.53 bits per heavy atom. The van der Waals surface area contributed by atoms with Gasteiger partial charge in [-0.25, -0.2) is 0 Å². The first-order chi connectivity index (χ1) is 8.90. The molecule has 0 aromatic rings. The van der Waals surface area contributed by atoms with Crippen molar-refractivity contribution in [1.29, 1.82) is 0 Å². The lowest BCUT2D eigenvalue weighted by molar-refractivity contribution is -0.00559. The van der Waals surface area contributed by atoms with Gasteiger partial charge in [0, 0.05) is 19.1 Å². The average Bonchev–Trinajstić information content (AvgIpc) is 2.39. The lowest BCUT2D eigenvalue weighted by Gasteiger charge is -2.36. The summed E-state index contributed by atoms with van der Waals surface area (Å²) >= 11 is 0. The largest absolute Gasteiger partial charge is 0.409 e. The van der Waals surface area contributed by atoms with Gasteiger partial charge < -0.3 is 20.6 Å². The van der Waals surface area contributed by atoms with E-state index in [0.717, 1.165) is 32.5 Å². The summed E-state index contributed by atoms with van der Waals surface area (Å²) in [6.45, 7) is 9.49. The van der Waals surface area contributed by atoms with Crippen LogP contribution in [0.15, 0.2) is 5.16 Å². The second kappa shape index (κ2) is 7.10. The number of rotatable bonds is 6. The van der Waals surface area contributed by atoms with E-state index in [4.69, 9.17) is 15.7 Å². The molecular weight excluding hydrogens is 242 g/mol. The van der Waals surface area contributed by atoms with Gasteiger partial charge in [-0.1, -0.05) is 25.9 Å². The molecule has 0 aromatic heterocycles. The standard InChI is InChI=1S/C14H29N3O2/c1-11-6-9-17(10-12(11)19-4)8-5-7-14(2,3)13(15)16-18/h11-12,18H,5-10H2,1-4H3,(H2,15,16). The smallest absolute Gasteiger partial charge is 0.144 e. The number of nitrogens with zero attached hydrogens (tertiary/aromatic N) is 2. The summed E-state index contributed by atoms with van der Waals surface area (Å²) in [7, 11) is 1.80. The quantitative estimate of drug-likeness (QED) is 0.335. The van der Waals surface area contributed by atoms with Gasteiger partial charge in [0.15, 0.2) is 0 Å². The topological polar surface area (TPSA) is 71.1 Å². The van der Waals surface area contributed by atoms with Crippen LogP contribution < -0.4 is 5.73 Å². The van der Waals surface area contributed by atoms with Gasteiger partial charge in [-0.3, -0.25) is 0 Å². The van der Waals surface area contributed by atoms with E-state index in [1.54, 1.807) is 7.11 Å². The van der Waals surface area contributed by atoms with Crippen LogP contribution in [0.2, 0.25) is 0 Å². The minimum atomic E-state index is -0.238. The number of oxime groups is 1. The molecule has 1 aliphatic rings. The second-order valence-electron chi connectivity index (χ2n) is 6.31. The molecule has 5 heteroatoms. The van der Waals surface area contributed by atoms with Crippen molar-refractivity contribution < 1.29 is 9.94 Å². The molecule has 0 aliphatic carbocycles. The van der Waals surface area contributed by atoms with Gasteiger partial charge in [0.1, 0.15) is 5.84 Å². The molecule has 2 unspecified atom stereocenters. The lowest BCUT2D eigenvalue weighted by Crippen LogP contribution is -2.44. The Morgan fingerprint density at radius 3 is 2.79 bits per heavy atom. The number of nitrogens with two attached hydrogens (primary N) is 1. The molecule has 1 heterocycles. The number of hydrogen-bond acceptors (Lipinski definition) is 4. The Hall–Kier alpha value is -0.810. The highest BCUT2D eigenvalue weighted by atomic mass is 16.5. The van der Waals surface area contributed by atoms with E-state index >= 15 is 0 Å². The molecule has 112 valence electrons. The first-order valence-corrected chi connectivity index (χ1v) is 7.14. The fourth-order valence-electron chi connectivity index (χ4n) is 2.62. The number of hydrogen-bond donors (Lipinski definition) is 2. The van der Waals surface area contributed by atoms with E-state index in [1.807, 2.05) is 13.8 Å². The molecule has 19 heavy (non-hydrogen) atoms. The van der Waals surface area contributed by atoms with Crippen molar-refractivity contribution in [3.63, 3.8) is 0 Å². The van der Waals surface area contributed by atoms with Crippen LogP contribution in [0.25, 0.3) is 0 Å². The highest BCUT2D eigenvalue weighted by Gasteiger charge is 2.27. The SMILES string of the molecule is COC1CN(CCCC(C)(C)C(N)=NO)CCC1C. The van der Waals surface area contributed by atoms with Gasteiger partial charge in [-0.15, -0.1) is 0 Å². The summed E-state index contributed by atoms with van der Waals surface area (Å²) in [5.41, 5.74) is 5.46. The zero-order chi connectivity index (χ0) is 14.5. The van der Waals surface area contributed by atoms with Crippen molar-refractivity contribution in [2.45, 2.75) is 46.1 Å². The summed E-state index contributed by atoms with van der Waals surface area (Å²) in [6, 6.07) is 0. The average molecular weight is 271 g/mol. The highest BCUT2D eigenvalue weighted by Crippen LogP contribution is 2.24. The summed E-state index contributed by atoms with van der Waals surface area (Å²) in [5, 5.41) is 11.9. The van der Waals surface area contributed by atoms with Crippen molar-refractivity contribution in [3.05, 3.63) is 0 Å². The van der Waals surface area contributed by atoms with E-state index in [-0.39, 0.29) is 5.41 Å². The molecule has 0 spiro atoms. The molecule has 1 fully saturated rings. The number of piperidine rings is 1. The molecule has 0 radical (unpaired) electrons. The fourth-order valence-corrected chi connectivity index (χ4v) is 2.62. The van der Waals surface area contributed by atoms with Crippen LogP contribution in [0.5, 0.6) is 0 Å². The van der Waals surface area contributed by atoms with Crippen molar-refractivity contribution in [1.82, 2.24) is 4.90 Å². The van der Waals surface area contributed by atoms with Gasteiger partial charge in [0.05, 0.1) is 6.10 Å². The van der Waals surface area contributed by atoms with Gasteiger partial charge in [-0.05, 0) is 38.3 Å². The maximum absolute atomic E-state index is 8.75. The van der Waals surface area contributed by atoms with Crippen LogP contribution in [0, 0.1) is 11.3 Å². The third-order valence-electron chi connectivity index (χ3n) is 4.35. The third kappa shape index (κ3) is 4.66. The summed E-state index contributed by atoms with van der Waals surface area (Å²) in [5.74, 6) is 0.962. The van der Waals surface area contributed by atoms with Crippen molar-refractivity contribution in [3.8, 4) is 0 Å². The van der Waals surface area contributed by atoms with E-state index in [1.165, 1.54) is 6.42 Å².